The normalized spacial score (nSPS) is 15.8. The molecule has 1 unspecified atom stereocenters. The van der Waals surface area contributed by atoms with Crippen molar-refractivity contribution in [2.45, 2.75) is 38.3 Å². The number of hydrogen-bond donors (Lipinski definition) is 3. The summed E-state index contributed by atoms with van der Waals surface area (Å²) < 4.78 is 0. The summed E-state index contributed by atoms with van der Waals surface area (Å²) >= 11 is 0. The van der Waals surface area contributed by atoms with Crippen molar-refractivity contribution in [1.82, 2.24) is 5.32 Å². The van der Waals surface area contributed by atoms with E-state index in [-0.39, 0.29) is 12.5 Å². The summed E-state index contributed by atoms with van der Waals surface area (Å²) in [5, 5.41) is 11.9. The Labute approximate surface area is 108 Å². The molecule has 1 aromatic carbocycles. The molecule has 4 nitrogen and oxygen atoms in total. The fourth-order valence-corrected chi connectivity index (χ4v) is 1.76. The number of carbonyl (C=O) groups is 1. The molecule has 1 rings (SSSR count). The van der Waals surface area contributed by atoms with Gasteiger partial charge in [0.25, 0.3) is 0 Å². The third-order valence-electron chi connectivity index (χ3n) is 3.31. The van der Waals surface area contributed by atoms with Crippen molar-refractivity contribution < 1.29 is 9.90 Å². The summed E-state index contributed by atoms with van der Waals surface area (Å²) in [6, 6.07) is 8.59. The lowest BCUT2D eigenvalue weighted by atomic mass is 9.94. The van der Waals surface area contributed by atoms with Gasteiger partial charge in [0.15, 0.2) is 0 Å². The smallest absolute Gasteiger partial charge is 0.241 e. The highest BCUT2D eigenvalue weighted by Crippen LogP contribution is 2.16. The Morgan fingerprint density at radius 3 is 2.56 bits per heavy atom. The van der Waals surface area contributed by atoms with Gasteiger partial charge in [0.05, 0.1) is 0 Å². The van der Waals surface area contributed by atoms with E-state index in [1.165, 1.54) is 0 Å². The summed E-state index contributed by atoms with van der Waals surface area (Å²) in [4.78, 5) is 12.1. The first-order chi connectivity index (χ1) is 8.52. The van der Waals surface area contributed by atoms with Gasteiger partial charge in [-0.1, -0.05) is 37.3 Å². The molecule has 2 atom stereocenters. The lowest BCUT2D eigenvalue weighted by molar-refractivity contribution is -0.124. The Morgan fingerprint density at radius 2 is 2.06 bits per heavy atom. The first-order valence-electron chi connectivity index (χ1n) is 6.26. The largest absolute Gasteiger partial charge is 0.396 e. The Bertz CT molecular complexity index is 381. The third-order valence-corrected chi connectivity index (χ3v) is 3.31. The van der Waals surface area contributed by atoms with E-state index in [2.05, 4.69) is 5.32 Å². The van der Waals surface area contributed by atoms with E-state index in [4.69, 9.17) is 10.8 Å². The van der Waals surface area contributed by atoms with Gasteiger partial charge in [0, 0.05) is 12.1 Å². The average Bonchev–Trinajstić information content (AvgIpc) is 2.39. The van der Waals surface area contributed by atoms with Crippen LogP contribution in [-0.4, -0.2) is 23.2 Å². The summed E-state index contributed by atoms with van der Waals surface area (Å²) in [6.07, 6.45) is 1.28. The number of amides is 1. The van der Waals surface area contributed by atoms with E-state index in [9.17, 15) is 4.79 Å². The minimum Gasteiger partial charge on any atom is -0.396 e. The number of nitrogens with one attached hydrogen (secondary N) is 1. The quantitative estimate of drug-likeness (QED) is 0.713. The van der Waals surface area contributed by atoms with Crippen LogP contribution in [0.2, 0.25) is 0 Å². The molecule has 100 valence electrons. The second-order valence-corrected chi connectivity index (χ2v) is 4.77. The molecule has 0 aliphatic rings. The minimum absolute atomic E-state index is 0.0468. The maximum Gasteiger partial charge on any atom is 0.241 e. The van der Waals surface area contributed by atoms with Crippen LogP contribution in [0.1, 0.15) is 38.3 Å². The van der Waals surface area contributed by atoms with Crippen molar-refractivity contribution in [3.8, 4) is 0 Å². The second-order valence-electron chi connectivity index (χ2n) is 4.77. The number of aliphatic hydroxyl groups is 1. The van der Waals surface area contributed by atoms with Gasteiger partial charge in [-0.05, 0) is 25.3 Å². The van der Waals surface area contributed by atoms with E-state index in [0.29, 0.717) is 6.42 Å². The Morgan fingerprint density at radius 1 is 1.44 bits per heavy atom. The van der Waals surface area contributed by atoms with E-state index in [1.54, 1.807) is 0 Å². The lowest BCUT2D eigenvalue weighted by Crippen LogP contribution is -2.49. The number of hydrogen-bond acceptors (Lipinski definition) is 3. The lowest BCUT2D eigenvalue weighted by Gasteiger charge is -2.30. The van der Waals surface area contributed by atoms with Gasteiger partial charge >= 0.3 is 0 Å². The number of aliphatic hydroxyl groups excluding tert-OH is 1. The number of carbonyl (C=O) groups excluding carboxylic acids is 1. The topological polar surface area (TPSA) is 75.3 Å². The van der Waals surface area contributed by atoms with Gasteiger partial charge in [-0.3, -0.25) is 4.79 Å². The van der Waals surface area contributed by atoms with E-state index >= 15 is 0 Å². The summed E-state index contributed by atoms with van der Waals surface area (Å²) in [7, 11) is 0. The fourth-order valence-electron chi connectivity index (χ4n) is 1.76. The maximum atomic E-state index is 12.1. The number of rotatable bonds is 6. The molecule has 18 heavy (non-hydrogen) atoms. The molecule has 1 amide bonds. The van der Waals surface area contributed by atoms with Crippen LogP contribution in [0.3, 0.4) is 0 Å². The molecule has 0 aliphatic carbocycles. The molecule has 0 fully saturated rings. The van der Waals surface area contributed by atoms with Crippen LogP contribution in [0, 0.1) is 0 Å². The van der Waals surface area contributed by atoms with Crippen molar-refractivity contribution >= 4 is 5.91 Å². The molecule has 0 heterocycles. The first kappa shape index (κ1) is 14.7. The summed E-state index contributed by atoms with van der Waals surface area (Å²) in [5.74, 6) is -0.209. The molecular weight excluding hydrogens is 228 g/mol. The van der Waals surface area contributed by atoms with E-state index in [0.717, 1.165) is 12.0 Å². The van der Waals surface area contributed by atoms with Crippen molar-refractivity contribution in [3.63, 3.8) is 0 Å². The van der Waals surface area contributed by atoms with Crippen LogP contribution in [0.15, 0.2) is 30.3 Å². The Kier molecular flexibility index (Phi) is 5.31. The Hall–Kier alpha value is -1.39. The molecule has 0 radical (unpaired) electrons. The molecule has 4 N–H and O–H groups in total. The summed E-state index contributed by atoms with van der Waals surface area (Å²) in [5.41, 5.74) is 6.31. The first-order valence-corrected chi connectivity index (χ1v) is 6.26. The summed E-state index contributed by atoms with van der Waals surface area (Å²) in [6.45, 7) is 3.94. The van der Waals surface area contributed by atoms with Crippen LogP contribution in [0.4, 0.5) is 0 Å². The molecule has 0 spiro atoms. The van der Waals surface area contributed by atoms with Gasteiger partial charge in [-0.2, -0.15) is 0 Å². The van der Waals surface area contributed by atoms with Gasteiger partial charge in [0.1, 0.15) is 6.04 Å². The highest BCUT2D eigenvalue weighted by atomic mass is 16.3. The van der Waals surface area contributed by atoms with Crippen molar-refractivity contribution in [3.05, 3.63) is 35.9 Å². The molecular formula is C14H22N2O2. The van der Waals surface area contributed by atoms with Gasteiger partial charge in [0.2, 0.25) is 5.91 Å². The molecule has 4 heteroatoms. The fraction of sp³-hybridized carbons (Fsp3) is 0.500. The van der Waals surface area contributed by atoms with E-state index in [1.807, 2.05) is 44.2 Å². The van der Waals surface area contributed by atoms with Crippen molar-refractivity contribution in [2.24, 2.45) is 5.73 Å². The van der Waals surface area contributed by atoms with E-state index < -0.39 is 11.6 Å². The molecule has 1 aromatic rings. The molecule has 0 aliphatic heterocycles. The molecule has 0 aromatic heterocycles. The SMILES string of the molecule is CCC(C)(CCO)NC(=O)[C@H](N)c1ccccc1. The zero-order valence-corrected chi connectivity index (χ0v) is 11.0. The van der Waals surface area contributed by atoms with Gasteiger partial charge < -0.3 is 16.2 Å². The second kappa shape index (κ2) is 6.52. The van der Waals surface area contributed by atoms with Gasteiger partial charge in [-0.15, -0.1) is 0 Å². The highest BCUT2D eigenvalue weighted by Gasteiger charge is 2.26. The standard InChI is InChI=1S/C14H22N2O2/c1-3-14(2,9-10-17)16-13(18)12(15)11-7-5-4-6-8-11/h4-8,12,17H,3,9-10,15H2,1-2H3,(H,16,18)/t12-,14?/m1/s1. The van der Waals surface area contributed by atoms with Crippen molar-refractivity contribution in [1.29, 1.82) is 0 Å². The van der Waals surface area contributed by atoms with Crippen LogP contribution in [0.25, 0.3) is 0 Å². The number of benzene rings is 1. The maximum absolute atomic E-state index is 12.1. The predicted molar refractivity (Wildman–Crippen MR) is 71.9 cm³/mol. The predicted octanol–water partition coefficient (Wildman–Crippen LogP) is 1.35. The molecule has 0 saturated carbocycles. The van der Waals surface area contributed by atoms with Crippen LogP contribution < -0.4 is 11.1 Å². The monoisotopic (exact) mass is 250 g/mol. The minimum atomic E-state index is -0.671. The molecule has 0 bridgehead atoms. The number of nitrogens with two attached hydrogens (primary N) is 1. The zero-order chi connectivity index (χ0) is 13.6. The molecule has 0 saturated heterocycles. The Balaban J connectivity index is 2.70. The van der Waals surface area contributed by atoms with Crippen LogP contribution in [-0.2, 0) is 4.79 Å². The zero-order valence-electron chi connectivity index (χ0n) is 11.0. The van der Waals surface area contributed by atoms with Crippen LogP contribution >= 0.6 is 0 Å². The van der Waals surface area contributed by atoms with Gasteiger partial charge in [-0.25, -0.2) is 0 Å². The average molecular weight is 250 g/mol. The third kappa shape index (κ3) is 3.82. The van der Waals surface area contributed by atoms with Crippen molar-refractivity contribution in [2.75, 3.05) is 6.61 Å². The van der Waals surface area contributed by atoms with Crippen LogP contribution in [0.5, 0.6) is 0 Å². The highest BCUT2D eigenvalue weighted by molar-refractivity contribution is 5.83.